The lowest BCUT2D eigenvalue weighted by Crippen LogP contribution is -2.13. The van der Waals surface area contributed by atoms with Gasteiger partial charge in [0.15, 0.2) is 0 Å². The predicted molar refractivity (Wildman–Crippen MR) is 107 cm³/mol. The predicted octanol–water partition coefficient (Wildman–Crippen LogP) is 4.66. The largest absolute Gasteiger partial charge is 0.489 e. The van der Waals surface area contributed by atoms with Crippen LogP contribution in [0.5, 0.6) is 5.75 Å². The lowest BCUT2D eigenvalue weighted by molar-refractivity contribution is 0.102. The van der Waals surface area contributed by atoms with Crippen LogP contribution in [0.2, 0.25) is 0 Å². The molecule has 0 saturated heterocycles. The third-order valence-corrected chi connectivity index (χ3v) is 4.58. The van der Waals surface area contributed by atoms with E-state index in [-0.39, 0.29) is 5.91 Å². The molecule has 0 saturated carbocycles. The molecule has 140 valence electrons. The number of nitrogens with zero attached hydrogens (tertiary/aromatic N) is 2. The van der Waals surface area contributed by atoms with Crippen LogP contribution in [0.4, 0.5) is 5.69 Å². The number of benzene rings is 2. The number of carbonyl (C=O) groups excluding carboxylic acids is 1. The van der Waals surface area contributed by atoms with E-state index >= 15 is 0 Å². The standard InChI is InChI=1S/C22H25N3O2/c1-5-25-17(4)20(13-23-25)24-22(26)19-8-6-7-18(12-19)14-27-21-11-15(2)9-10-16(21)3/h6-13H,5,14H2,1-4H3,(H,24,26). The Morgan fingerprint density at radius 3 is 2.70 bits per heavy atom. The van der Waals surface area contributed by atoms with Gasteiger partial charge in [0.1, 0.15) is 12.4 Å². The van der Waals surface area contributed by atoms with Crippen molar-refractivity contribution < 1.29 is 9.53 Å². The molecule has 5 heteroatoms. The molecule has 0 unspecified atom stereocenters. The summed E-state index contributed by atoms with van der Waals surface area (Å²) in [4.78, 5) is 12.6. The summed E-state index contributed by atoms with van der Waals surface area (Å²) in [6.07, 6.45) is 1.68. The van der Waals surface area contributed by atoms with Crippen molar-refractivity contribution in [1.82, 2.24) is 9.78 Å². The minimum Gasteiger partial charge on any atom is -0.489 e. The molecule has 0 bridgehead atoms. The molecule has 0 atom stereocenters. The van der Waals surface area contributed by atoms with Gasteiger partial charge >= 0.3 is 0 Å². The first-order valence-corrected chi connectivity index (χ1v) is 9.10. The van der Waals surface area contributed by atoms with Crippen LogP contribution in [-0.2, 0) is 13.2 Å². The molecule has 2 aromatic carbocycles. The van der Waals surface area contributed by atoms with Crippen LogP contribution in [-0.4, -0.2) is 15.7 Å². The number of rotatable bonds is 6. The van der Waals surface area contributed by atoms with Crippen molar-refractivity contribution in [3.8, 4) is 5.75 Å². The topological polar surface area (TPSA) is 56.2 Å². The Balaban J connectivity index is 1.70. The fourth-order valence-electron chi connectivity index (χ4n) is 2.91. The van der Waals surface area contributed by atoms with Crippen molar-refractivity contribution in [2.75, 3.05) is 5.32 Å². The van der Waals surface area contributed by atoms with Crippen LogP contribution >= 0.6 is 0 Å². The summed E-state index contributed by atoms with van der Waals surface area (Å²) in [6.45, 7) is 9.22. The zero-order chi connectivity index (χ0) is 19.4. The Hall–Kier alpha value is -3.08. The summed E-state index contributed by atoms with van der Waals surface area (Å²) < 4.78 is 7.80. The summed E-state index contributed by atoms with van der Waals surface area (Å²) in [5.41, 5.74) is 5.48. The number of carbonyl (C=O) groups is 1. The molecule has 0 fully saturated rings. The van der Waals surface area contributed by atoms with Crippen molar-refractivity contribution in [2.45, 2.75) is 40.8 Å². The first-order valence-electron chi connectivity index (χ1n) is 9.10. The van der Waals surface area contributed by atoms with Crippen molar-refractivity contribution in [2.24, 2.45) is 0 Å². The maximum absolute atomic E-state index is 12.6. The van der Waals surface area contributed by atoms with Crippen LogP contribution in [0.15, 0.2) is 48.7 Å². The third-order valence-electron chi connectivity index (χ3n) is 4.58. The van der Waals surface area contributed by atoms with E-state index in [4.69, 9.17) is 4.74 Å². The lowest BCUT2D eigenvalue weighted by atomic mass is 10.1. The van der Waals surface area contributed by atoms with Crippen LogP contribution < -0.4 is 10.1 Å². The van der Waals surface area contributed by atoms with E-state index in [9.17, 15) is 4.79 Å². The zero-order valence-electron chi connectivity index (χ0n) is 16.2. The normalized spacial score (nSPS) is 10.7. The highest BCUT2D eigenvalue weighted by atomic mass is 16.5. The van der Waals surface area contributed by atoms with Crippen molar-refractivity contribution in [3.05, 3.63) is 76.6 Å². The van der Waals surface area contributed by atoms with Crippen LogP contribution in [0, 0.1) is 20.8 Å². The van der Waals surface area contributed by atoms with E-state index in [0.29, 0.717) is 12.2 Å². The average Bonchev–Trinajstić information content (AvgIpc) is 3.02. The maximum atomic E-state index is 12.6. The molecular formula is C22H25N3O2. The number of aryl methyl sites for hydroxylation is 3. The second-order valence-electron chi connectivity index (χ2n) is 6.67. The van der Waals surface area contributed by atoms with Gasteiger partial charge in [-0.3, -0.25) is 9.48 Å². The molecule has 0 aliphatic heterocycles. The maximum Gasteiger partial charge on any atom is 0.255 e. The van der Waals surface area contributed by atoms with Gasteiger partial charge in [0, 0.05) is 12.1 Å². The summed E-state index contributed by atoms with van der Waals surface area (Å²) >= 11 is 0. The van der Waals surface area contributed by atoms with Crippen LogP contribution in [0.25, 0.3) is 0 Å². The molecule has 1 aromatic heterocycles. The van der Waals surface area contributed by atoms with E-state index < -0.39 is 0 Å². The average molecular weight is 363 g/mol. The van der Waals surface area contributed by atoms with E-state index in [2.05, 4.69) is 16.5 Å². The molecule has 3 aromatic rings. The molecular weight excluding hydrogens is 338 g/mol. The zero-order valence-corrected chi connectivity index (χ0v) is 16.2. The highest BCUT2D eigenvalue weighted by Crippen LogP contribution is 2.21. The van der Waals surface area contributed by atoms with Crippen LogP contribution in [0.1, 0.15) is 39.7 Å². The highest BCUT2D eigenvalue weighted by molar-refractivity contribution is 6.04. The Kier molecular flexibility index (Phi) is 5.60. The highest BCUT2D eigenvalue weighted by Gasteiger charge is 2.11. The Labute approximate surface area is 160 Å². The Morgan fingerprint density at radius 1 is 1.15 bits per heavy atom. The van der Waals surface area contributed by atoms with Gasteiger partial charge in [-0.15, -0.1) is 0 Å². The van der Waals surface area contributed by atoms with Gasteiger partial charge < -0.3 is 10.1 Å². The van der Waals surface area contributed by atoms with Gasteiger partial charge in [0.05, 0.1) is 17.6 Å². The second kappa shape index (κ2) is 8.08. The summed E-state index contributed by atoms with van der Waals surface area (Å²) in [6, 6.07) is 13.6. The Morgan fingerprint density at radius 2 is 1.96 bits per heavy atom. The molecule has 1 N–H and O–H groups in total. The van der Waals surface area contributed by atoms with Gasteiger partial charge in [-0.2, -0.15) is 5.10 Å². The van der Waals surface area contributed by atoms with E-state index in [1.165, 1.54) is 0 Å². The van der Waals surface area contributed by atoms with Gasteiger partial charge in [-0.05, 0) is 62.6 Å². The number of aromatic nitrogens is 2. The van der Waals surface area contributed by atoms with Crippen molar-refractivity contribution >= 4 is 11.6 Å². The summed E-state index contributed by atoms with van der Waals surface area (Å²) in [7, 11) is 0. The van der Waals surface area contributed by atoms with E-state index in [1.807, 2.05) is 62.7 Å². The molecule has 0 aliphatic carbocycles. The summed E-state index contributed by atoms with van der Waals surface area (Å²) in [5.74, 6) is 0.717. The molecule has 0 radical (unpaired) electrons. The number of amides is 1. The van der Waals surface area contributed by atoms with E-state index in [0.717, 1.165) is 40.4 Å². The smallest absolute Gasteiger partial charge is 0.255 e. The van der Waals surface area contributed by atoms with Gasteiger partial charge in [0.25, 0.3) is 5.91 Å². The van der Waals surface area contributed by atoms with E-state index in [1.54, 1.807) is 12.3 Å². The summed E-state index contributed by atoms with van der Waals surface area (Å²) in [5, 5.41) is 7.19. The first kappa shape index (κ1) is 18.7. The third kappa shape index (κ3) is 4.37. The number of hydrogen-bond acceptors (Lipinski definition) is 3. The molecule has 0 aliphatic rings. The lowest BCUT2D eigenvalue weighted by Gasteiger charge is -2.11. The van der Waals surface area contributed by atoms with Crippen molar-refractivity contribution in [3.63, 3.8) is 0 Å². The molecule has 5 nitrogen and oxygen atoms in total. The monoisotopic (exact) mass is 363 g/mol. The van der Waals surface area contributed by atoms with Gasteiger partial charge in [0.2, 0.25) is 0 Å². The fraction of sp³-hybridized carbons (Fsp3) is 0.273. The minimum atomic E-state index is -0.151. The minimum absolute atomic E-state index is 0.151. The molecule has 27 heavy (non-hydrogen) atoms. The first-order chi connectivity index (χ1) is 13.0. The van der Waals surface area contributed by atoms with Gasteiger partial charge in [-0.1, -0.05) is 24.3 Å². The van der Waals surface area contributed by atoms with Crippen LogP contribution in [0.3, 0.4) is 0 Å². The SMILES string of the molecule is CCn1ncc(NC(=O)c2cccc(COc3cc(C)ccc3C)c2)c1C. The van der Waals surface area contributed by atoms with Gasteiger partial charge in [-0.25, -0.2) is 0 Å². The molecule has 1 amide bonds. The number of nitrogens with one attached hydrogen (secondary N) is 1. The number of anilines is 1. The molecule has 0 spiro atoms. The van der Waals surface area contributed by atoms with Crippen molar-refractivity contribution in [1.29, 1.82) is 0 Å². The Bertz CT molecular complexity index is 960. The number of ether oxygens (including phenoxy) is 1. The fourth-order valence-corrected chi connectivity index (χ4v) is 2.91. The quantitative estimate of drug-likeness (QED) is 0.693. The molecule has 3 rings (SSSR count). The second-order valence-corrected chi connectivity index (χ2v) is 6.67. The molecule has 1 heterocycles. The number of hydrogen-bond donors (Lipinski definition) is 1.